The molecular formula is C10H18ClNO3. The quantitative estimate of drug-likeness (QED) is 0.740. The van der Waals surface area contributed by atoms with Gasteiger partial charge in [0, 0.05) is 6.42 Å². The topological polar surface area (TPSA) is 55.4 Å². The second kappa shape index (κ2) is 6.08. The first kappa shape index (κ1) is 14.4. The maximum absolute atomic E-state index is 11.6. The number of hydrogen-bond donors (Lipinski definition) is 1. The van der Waals surface area contributed by atoms with Crippen molar-refractivity contribution >= 4 is 24.2 Å². The molecule has 0 aliphatic carbocycles. The largest absolute Gasteiger partial charge is 0.469 e. The number of carbonyl (C=O) groups is 2. The molecule has 0 atom stereocenters. The van der Waals surface area contributed by atoms with Gasteiger partial charge in [0.25, 0.3) is 0 Å². The number of carbonyl (C=O) groups excluding carboxylic acids is 2. The molecule has 0 aromatic heterocycles. The van der Waals surface area contributed by atoms with Crippen LogP contribution in [0.25, 0.3) is 0 Å². The molecule has 88 valence electrons. The highest BCUT2D eigenvalue weighted by Crippen LogP contribution is 2.34. The molecule has 15 heavy (non-hydrogen) atoms. The van der Waals surface area contributed by atoms with Crippen molar-refractivity contribution in [2.45, 2.75) is 26.2 Å². The van der Waals surface area contributed by atoms with E-state index in [9.17, 15) is 9.59 Å². The Morgan fingerprint density at radius 1 is 1.33 bits per heavy atom. The second-order valence-electron chi connectivity index (χ2n) is 3.90. The summed E-state index contributed by atoms with van der Waals surface area (Å²) in [7, 11) is 1.38. The van der Waals surface area contributed by atoms with Gasteiger partial charge in [-0.2, -0.15) is 0 Å². The maximum atomic E-state index is 11.6. The van der Waals surface area contributed by atoms with Crippen LogP contribution in [-0.2, 0) is 14.3 Å². The molecule has 1 aliphatic rings. The summed E-state index contributed by atoms with van der Waals surface area (Å²) in [6.07, 6.45) is 1.69. The van der Waals surface area contributed by atoms with E-state index in [0.717, 1.165) is 13.1 Å². The fourth-order valence-electron chi connectivity index (χ4n) is 2.05. The zero-order chi connectivity index (χ0) is 10.6. The molecule has 1 heterocycles. The van der Waals surface area contributed by atoms with E-state index in [1.807, 2.05) is 0 Å². The minimum absolute atomic E-state index is 0. The van der Waals surface area contributed by atoms with E-state index in [4.69, 9.17) is 4.74 Å². The highest BCUT2D eigenvalue weighted by molar-refractivity contribution is 5.86. The third kappa shape index (κ3) is 3.47. The van der Waals surface area contributed by atoms with Crippen LogP contribution in [0.3, 0.4) is 0 Å². The average Bonchev–Trinajstić information content (AvgIpc) is 2.17. The van der Waals surface area contributed by atoms with E-state index in [0.29, 0.717) is 19.3 Å². The summed E-state index contributed by atoms with van der Waals surface area (Å²) < 4.78 is 4.78. The van der Waals surface area contributed by atoms with Crippen molar-refractivity contribution in [1.82, 2.24) is 5.32 Å². The zero-order valence-electron chi connectivity index (χ0n) is 9.17. The van der Waals surface area contributed by atoms with Gasteiger partial charge in [-0.1, -0.05) is 0 Å². The molecule has 0 bridgehead atoms. The molecule has 4 nitrogen and oxygen atoms in total. The summed E-state index contributed by atoms with van der Waals surface area (Å²) in [6.45, 7) is 3.08. The molecule has 0 radical (unpaired) electrons. The highest BCUT2D eigenvalue weighted by atomic mass is 35.5. The van der Waals surface area contributed by atoms with Crippen LogP contribution in [0.4, 0.5) is 0 Å². The van der Waals surface area contributed by atoms with Gasteiger partial charge in [-0.15, -0.1) is 12.4 Å². The number of ketones is 1. The normalized spacial score (nSPS) is 18.8. The molecule has 1 saturated heterocycles. The van der Waals surface area contributed by atoms with E-state index in [2.05, 4.69) is 5.32 Å². The van der Waals surface area contributed by atoms with Gasteiger partial charge >= 0.3 is 5.97 Å². The fourth-order valence-corrected chi connectivity index (χ4v) is 2.05. The molecule has 0 unspecified atom stereocenters. The molecule has 1 N–H and O–H groups in total. The Morgan fingerprint density at radius 3 is 2.27 bits per heavy atom. The number of Topliss-reactive ketones (excluding diaryl/α,β-unsaturated/α-hetero) is 1. The number of rotatable bonds is 3. The third-order valence-electron chi connectivity index (χ3n) is 2.77. The first-order valence-electron chi connectivity index (χ1n) is 4.89. The predicted molar refractivity (Wildman–Crippen MR) is 59.1 cm³/mol. The lowest BCUT2D eigenvalue weighted by molar-refractivity contribution is -0.156. The van der Waals surface area contributed by atoms with Gasteiger partial charge in [0.05, 0.1) is 12.5 Å². The first-order chi connectivity index (χ1) is 6.60. The minimum atomic E-state index is -0.564. The van der Waals surface area contributed by atoms with E-state index < -0.39 is 5.41 Å². The van der Waals surface area contributed by atoms with E-state index in [-0.39, 0.29) is 24.2 Å². The Kier molecular flexibility index (Phi) is 5.83. The Balaban J connectivity index is 0.00000196. The van der Waals surface area contributed by atoms with Crippen LogP contribution in [0.1, 0.15) is 26.2 Å². The van der Waals surface area contributed by atoms with E-state index in [1.54, 1.807) is 0 Å². The minimum Gasteiger partial charge on any atom is -0.469 e. The number of ether oxygens (including phenoxy) is 1. The van der Waals surface area contributed by atoms with Crippen LogP contribution >= 0.6 is 12.4 Å². The molecule has 1 aliphatic heterocycles. The van der Waals surface area contributed by atoms with Crippen molar-refractivity contribution in [2.75, 3.05) is 20.2 Å². The highest BCUT2D eigenvalue weighted by Gasteiger charge is 2.41. The predicted octanol–water partition coefficient (Wildman–Crippen LogP) is 0.930. The van der Waals surface area contributed by atoms with Crippen LogP contribution in [-0.4, -0.2) is 32.0 Å². The Morgan fingerprint density at radius 2 is 1.87 bits per heavy atom. The van der Waals surface area contributed by atoms with Gasteiger partial charge in [0.2, 0.25) is 0 Å². The number of hydrogen-bond acceptors (Lipinski definition) is 4. The lowest BCUT2D eigenvalue weighted by atomic mass is 9.75. The van der Waals surface area contributed by atoms with Crippen LogP contribution in [0.5, 0.6) is 0 Å². The van der Waals surface area contributed by atoms with Gasteiger partial charge in [-0.3, -0.25) is 9.59 Å². The lowest BCUT2D eigenvalue weighted by Crippen LogP contribution is -2.43. The molecule has 0 amide bonds. The molecule has 5 heteroatoms. The van der Waals surface area contributed by atoms with Crippen LogP contribution in [0.15, 0.2) is 0 Å². The van der Waals surface area contributed by atoms with Crippen LogP contribution in [0, 0.1) is 5.41 Å². The van der Waals surface area contributed by atoms with Crippen molar-refractivity contribution in [2.24, 2.45) is 5.41 Å². The summed E-state index contributed by atoms with van der Waals surface area (Å²) in [5, 5.41) is 3.17. The van der Waals surface area contributed by atoms with Crippen molar-refractivity contribution < 1.29 is 14.3 Å². The number of nitrogens with one attached hydrogen (secondary N) is 1. The van der Waals surface area contributed by atoms with Gasteiger partial charge < -0.3 is 10.1 Å². The SMILES string of the molecule is COC(=O)C1(CC(C)=O)CCNCC1.Cl. The van der Waals surface area contributed by atoms with Gasteiger partial charge in [-0.05, 0) is 32.9 Å². The smallest absolute Gasteiger partial charge is 0.312 e. The summed E-state index contributed by atoms with van der Waals surface area (Å²) >= 11 is 0. The second-order valence-corrected chi connectivity index (χ2v) is 3.90. The molecular weight excluding hydrogens is 218 g/mol. The molecule has 0 aromatic rings. The first-order valence-corrected chi connectivity index (χ1v) is 4.89. The van der Waals surface area contributed by atoms with Crippen molar-refractivity contribution in [3.05, 3.63) is 0 Å². The Hall–Kier alpha value is -0.610. The number of methoxy groups -OCH3 is 1. The third-order valence-corrected chi connectivity index (χ3v) is 2.77. The fraction of sp³-hybridized carbons (Fsp3) is 0.800. The zero-order valence-corrected chi connectivity index (χ0v) is 9.99. The van der Waals surface area contributed by atoms with Crippen molar-refractivity contribution in [3.8, 4) is 0 Å². The number of halogens is 1. The van der Waals surface area contributed by atoms with Gasteiger partial charge in [0.1, 0.15) is 5.78 Å². The molecule has 1 fully saturated rings. The monoisotopic (exact) mass is 235 g/mol. The molecule has 1 rings (SSSR count). The molecule has 0 aromatic carbocycles. The summed E-state index contributed by atoms with van der Waals surface area (Å²) in [5.74, 6) is -0.188. The van der Waals surface area contributed by atoms with Crippen molar-refractivity contribution in [3.63, 3.8) is 0 Å². The Labute approximate surface area is 96.2 Å². The van der Waals surface area contributed by atoms with E-state index in [1.165, 1.54) is 14.0 Å². The number of esters is 1. The summed E-state index contributed by atoms with van der Waals surface area (Å²) in [6, 6.07) is 0. The van der Waals surface area contributed by atoms with Crippen molar-refractivity contribution in [1.29, 1.82) is 0 Å². The maximum Gasteiger partial charge on any atom is 0.312 e. The Bertz CT molecular complexity index is 237. The summed E-state index contributed by atoms with van der Waals surface area (Å²) in [5.41, 5.74) is -0.564. The van der Waals surface area contributed by atoms with Gasteiger partial charge in [-0.25, -0.2) is 0 Å². The number of piperidine rings is 1. The van der Waals surface area contributed by atoms with E-state index >= 15 is 0 Å². The van der Waals surface area contributed by atoms with Crippen LogP contribution in [0.2, 0.25) is 0 Å². The molecule has 0 spiro atoms. The lowest BCUT2D eigenvalue weighted by Gasteiger charge is -2.33. The van der Waals surface area contributed by atoms with Gasteiger partial charge in [0.15, 0.2) is 0 Å². The average molecular weight is 236 g/mol. The molecule has 0 saturated carbocycles. The van der Waals surface area contributed by atoms with Crippen LogP contribution < -0.4 is 5.32 Å². The standard InChI is InChI=1S/C10H17NO3.ClH/c1-8(12)7-10(9(13)14-2)3-5-11-6-4-10;/h11H,3-7H2,1-2H3;1H. The summed E-state index contributed by atoms with van der Waals surface area (Å²) in [4.78, 5) is 22.7.